The van der Waals surface area contributed by atoms with E-state index in [1.54, 1.807) is 6.92 Å². The van der Waals surface area contributed by atoms with Crippen LogP contribution in [0.25, 0.3) is 0 Å². The third-order valence-corrected chi connectivity index (χ3v) is 5.05. The number of nitrogens with one attached hydrogen (secondary N) is 1. The molecule has 3 rings (SSSR count). The average molecular weight is 330 g/mol. The lowest BCUT2D eigenvalue weighted by Gasteiger charge is -2.34. The predicted molar refractivity (Wildman–Crippen MR) is 94.7 cm³/mol. The number of hydrogen-bond acceptors (Lipinski definition) is 4. The number of carbonyl (C=O) groups is 1. The first kappa shape index (κ1) is 16.1. The van der Waals surface area contributed by atoms with Gasteiger partial charge in [-0.1, -0.05) is 18.2 Å². The highest BCUT2D eigenvalue weighted by atomic mass is 32.2. The molecule has 1 aliphatic rings. The number of hydrogen-bond donors (Lipinski definition) is 1. The van der Waals surface area contributed by atoms with Crippen molar-refractivity contribution in [2.75, 3.05) is 23.4 Å². The summed E-state index contributed by atoms with van der Waals surface area (Å²) < 4.78 is 5.86. The topological polar surface area (TPSA) is 45.5 Å². The Morgan fingerprint density at radius 2 is 2.17 bits per heavy atom. The molecule has 4 nitrogen and oxygen atoms in total. The zero-order chi connectivity index (χ0) is 16.2. The molecule has 23 heavy (non-hydrogen) atoms. The molecule has 1 saturated heterocycles. The molecular weight excluding hydrogens is 308 g/mol. The standard InChI is InChI=1S/C18H22N2O2S/c1-13-7-8-18(22-13)17-12-23-10-9-20(17)11-15-5-3-4-6-16(15)19-14(2)21/h3-8,17H,9-12H2,1-2H3,(H,19,21)/t17-/m1/s1. The molecule has 2 heterocycles. The van der Waals surface area contributed by atoms with Gasteiger partial charge in [-0.05, 0) is 30.7 Å². The van der Waals surface area contributed by atoms with Crippen LogP contribution in [0.2, 0.25) is 0 Å². The van der Waals surface area contributed by atoms with Crippen LogP contribution in [0.3, 0.4) is 0 Å². The van der Waals surface area contributed by atoms with Crippen LogP contribution in [0.4, 0.5) is 5.69 Å². The number of nitrogens with zero attached hydrogens (tertiary/aromatic N) is 1. The molecule has 0 saturated carbocycles. The summed E-state index contributed by atoms with van der Waals surface area (Å²) in [6.45, 7) is 5.35. The molecule has 0 aliphatic carbocycles. The number of anilines is 1. The van der Waals surface area contributed by atoms with Crippen LogP contribution < -0.4 is 5.32 Å². The average Bonchev–Trinajstić information content (AvgIpc) is 2.96. The quantitative estimate of drug-likeness (QED) is 0.925. The van der Waals surface area contributed by atoms with Gasteiger partial charge in [0.05, 0.1) is 6.04 Å². The third-order valence-electron chi connectivity index (χ3n) is 4.03. The summed E-state index contributed by atoms with van der Waals surface area (Å²) in [5, 5.41) is 2.93. The van der Waals surface area contributed by atoms with E-state index >= 15 is 0 Å². The van der Waals surface area contributed by atoms with Crippen LogP contribution in [0, 0.1) is 6.92 Å². The van der Waals surface area contributed by atoms with Gasteiger partial charge in [0.15, 0.2) is 0 Å². The van der Waals surface area contributed by atoms with Gasteiger partial charge in [0.1, 0.15) is 11.5 Å². The second-order valence-corrected chi connectivity index (χ2v) is 7.00. The first-order valence-corrected chi connectivity index (χ1v) is 9.02. The number of aryl methyl sites for hydroxylation is 1. The maximum Gasteiger partial charge on any atom is 0.221 e. The molecule has 1 aliphatic heterocycles. The van der Waals surface area contributed by atoms with Crippen molar-refractivity contribution in [1.82, 2.24) is 4.90 Å². The zero-order valence-electron chi connectivity index (χ0n) is 13.5. The predicted octanol–water partition coefficient (Wildman–Crippen LogP) is 3.84. The number of benzene rings is 1. The Balaban J connectivity index is 1.81. The molecule has 0 spiro atoms. The molecule has 122 valence electrons. The van der Waals surface area contributed by atoms with E-state index in [9.17, 15) is 4.79 Å². The second-order valence-electron chi connectivity index (χ2n) is 5.85. The highest BCUT2D eigenvalue weighted by Crippen LogP contribution is 2.32. The van der Waals surface area contributed by atoms with Crippen LogP contribution >= 0.6 is 11.8 Å². The largest absolute Gasteiger partial charge is 0.465 e. The van der Waals surface area contributed by atoms with E-state index in [0.29, 0.717) is 0 Å². The number of para-hydroxylation sites is 1. The van der Waals surface area contributed by atoms with E-state index in [1.165, 1.54) is 0 Å². The van der Waals surface area contributed by atoms with Crippen molar-refractivity contribution in [2.24, 2.45) is 0 Å². The Kier molecular flexibility index (Phi) is 5.08. The molecule has 1 N–H and O–H groups in total. The number of thioether (sulfide) groups is 1. The third kappa shape index (κ3) is 3.98. The molecular formula is C18H22N2O2S. The van der Waals surface area contributed by atoms with Crippen LogP contribution in [0.1, 0.15) is 30.0 Å². The zero-order valence-corrected chi connectivity index (χ0v) is 14.4. The van der Waals surface area contributed by atoms with Crippen molar-refractivity contribution in [3.8, 4) is 0 Å². The Labute approximate surface area is 141 Å². The van der Waals surface area contributed by atoms with Crippen LogP contribution in [-0.4, -0.2) is 28.9 Å². The van der Waals surface area contributed by atoms with E-state index in [4.69, 9.17) is 4.42 Å². The van der Waals surface area contributed by atoms with Crippen molar-refractivity contribution in [3.63, 3.8) is 0 Å². The number of amides is 1. The molecule has 2 aromatic rings. The van der Waals surface area contributed by atoms with Gasteiger partial charge in [0, 0.05) is 37.2 Å². The van der Waals surface area contributed by atoms with Gasteiger partial charge >= 0.3 is 0 Å². The van der Waals surface area contributed by atoms with Gasteiger partial charge in [-0.25, -0.2) is 0 Å². The summed E-state index contributed by atoms with van der Waals surface area (Å²) >= 11 is 1.96. The summed E-state index contributed by atoms with van der Waals surface area (Å²) in [4.78, 5) is 13.8. The molecule has 5 heteroatoms. The van der Waals surface area contributed by atoms with Crippen molar-refractivity contribution >= 4 is 23.4 Å². The molecule has 0 bridgehead atoms. The van der Waals surface area contributed by atoms with Crippen molar-refractivity contribution < 1.29 is 9.21 Å². The summed E-state index contributed by atoms with van der Waals surface area (Å²) in [5.41, 5.74) is 2.04. The van der Waals surface area contributed by atoms with Crippen LogP contribution in [0.5, 0.6) is 0 Å². The molecule has 1 fully saturated rings. The minimum absolute atomic E-state index is 0.0372. The molecule has 1 atom stereocenters. The Morgan fingerprint density at radius 3 is 2.91 bits per heavy atom. The van der Waals surface area contributed by atoms with Crippen LogP contribution in [0.15, 0.2) is 40.8 Å². The SMILES string of the molecule is CC(=O)Nc1ccccc1CN1CCSC[C@@H]1c1ccc(C)o1. The fourth-order valence-electron chi connectivity index (χ4n) is 2.91. The van der Waals surface area contributed by atoms with E-state index in [1.807, 2.05) is 43.0 Å². The highest BCUT2D eigenvalue weighted by molar-refractivity contribution is 7.99. The van der Waals surface area contributed by atoms with Crippen molar-refractivity contribution in [2.45, 2.75) is 26.4 Å². The number of furan rings is 1. The minimum atomic E-state index is -0.0372. The molecule has 1 aromatic carbocycles. The summed E-state index contributed by atoms with van der Waals surface area (Å²) in [5.74, 6) is 4.11. The number of carbonyl (C=O) groups excluding carboxylic acids is 1. The fraction of sp³-hybridized carbons (Fsp3) is 0.389. The normalized spacial score (nSPS) is 18.8. The maximum atomic E-state index is 11.4. The summed E-state index contributed by atoms with van der Waals surface area (Å²) in [6, 6.07) is 12.4. The highest BCUT2D eigenvalue weighted by Gasteiger charge is 2.27. The monoisotopic (exact) mass is 330 g/mol. The number of rotatable bonds is 4. The lowest BCUT2D eigenvalue weighted by molar-refractivity contribution is -0.114. The van der Waals surface area contributed by atoms with Gasteiger partial charge in [-0.15, -0.1) is 0 Å². The Morgan fingerprint density at radius 1 is 1.35 bits per heavy atom. The summed E-state index contributed by atoms with van der Waals surface area (Å²) in [7, 11) is 0. The van der Waals surface area contributed by atoms with E-state index < -0.39 is 0 Å². The molecule has 1 aromatic heterocycles. The van der Waals surface area contributed by atoms with Crippen molar-refractivity contribution in [1.29, 1.82) is 0 Å². The van der Waals surface area contributed by atoms with Gasteiger partial charge in [-0.2, -0.15) is 11.8 Å². The van der Waals surface area contributed by atoms with Gasteiger partial charge in [0.2, 0.25) is 5.91 Å². The minimum Gasteiger partial charge on any atom is -0.465 e. The molecule has 0 radical (unpaired) electrons. The van der Waals surface area contributed by atoms with Gasteiger partial charge in [-0.3, -0.25) is 9.69 Å². The fourth-order valence-corrected chi connectivity index (χ4v) is 4.04. The maximum absolute atomic E-state index is 11.4. The van der Waals surface area contributed by atoms with Crippen molar-refractivity contribution in [3.05, 3.63) is 53.5 Å². The molecule has 1 amide bonds. The first-order valence-electron chi connectivity index (χ1n) is 7.87. The lowest BCUT2D eigenvalue weighted by Crippen LogP contribution is -2.35. The Hall–Kier alpha value is -1.72. The van der Waals surface area contributed by atoms with Crippen LogP contribution in [-0.2, 0) is 11.3 Å². The lowest BCUT2D eigenvalue weighted by atomic mass is 10.1. The second kappa shape index (κ2) is 7.23. The first-order chi connectivity index (χ1) is 11.1. The van der Waals surface area contributed by atoms with Gasteiger partial charge < -0.3 is 9.73 Å². The summed E-state index contributed by atoms with van der Waals surface area (Å²) in [6.07, 6.45) is 0. The van der Waals surface area contributed by atoms with Gasteiger partial charge in [0.25, 0.3) is 0 Å². The van der Waals surface area contributed by atoms with E-state index in [0.717, 1.165) is 47.4 Å². The molecule has 0 unspecified atom stereocenters. The Bertz CT molecular complexity index is 683. The van der Waals surface area contributed by atoms with E-state index in [-0.39, 0.29) is 11.9 Å². The smallest absolute Gasteiger partial charge is 0.221 e. The van der Waals surface area contributed by atoms with E-state index in [2.05, 4.69) is 22.3 Å².